The summed E-state index contributed by atoms with van der Waals surface area (Å²) in [6.07, 6.45) is -4.44. The van der Waals surface area contributed by atoms with Crippen molar-refractivity contribution in [1.29, 1.82) is 0 Å². The lowest BCUT2D eigenvalue weighted by atomic mass is 10.1. The molecule has 1 aliphatic rings. The van der Waals surface area contributed by atoms with Crippen molar-refractivity contribution >= 4 is 40.3 Å². The van der Waals surface area contributed by atoms with Crippen molar-refractivity contribution in [3.63, 3.8) is 0 Å². The molecule has 0 spiro atoms. The molecular formula is C12H9ClF3NOS. The van der Waals surface area contributed by atoms with Crippen LogP contribution in [0.15, 0.2) is 24.3 Å². The molecule has 1 aromatic rings. The third kappa shape index (κ3) is 2.74. The van der Waals surface area contributed by atoms with Crippen LogP contribution in [0.5, 0.6) is 0 Å². The number of halogens is 4. The Bertz CT molecular complexity index is 532. The van der Waals surface area contributed by atoms with Crippen molar-refractivity contribution in [2.45, 2.75) is 6.18 Å². The van der Waals surface area contributed by atoms with E-state index in [-0.39, 0.29) is 28.9 Å². The molecule has 1 saturated heterocycles. The fraction of sp³-hybridized carbons (Fsp3) is 0.333. The number of rotatable bonds is 2. The van der Waals surface area contributed by atoms with E-state index in [4.69, 9.17) is 23.8 Å². The van der Waals surface area contributed by atoms with Crippen molar-refractivity contribution in [2.24, 2.45) is 5.92 Å². The van der Waals surface area contributed by atoms with E-state index < -0.39 is 17.6 Å². The molecule has 0 saturated carbocycles. The maximum atomic E-state index is 12.6. The van der Waals surface area contributed by atoms with Crippen LogP contribution in [-0.2, 0) is 11.0 Å². The molecule has 0 aliphatic carbocycles. The summed E-state index contributed by atoms with van der Waals surface area (Å²) in [5.41, 5.74) is -0.604. The molecule has 1 amide bonds. The number of amides is 1. The number of benzene rings is 1. The molecule has 0 bridgehead atoms. The number of anilines is 1. The van der Waals surface area contributed by atoms with Gasteiger partial charge in [0.25, 0.3) is 5.91 Å². The van der Waals surface area contributed by atoms with Crippen LogP contribution in [0.2, 0.25) is 0 Å². The van der Waals surface area contributed by atoms with Gasteiger partial charge in [-0.25, -0.2) is 0 Å². The minimum Gasteiger partial charge on any atom is -0.307 e. The Labute approximate surface area is 118 Å². The van der Waals surface area contributed by atoms with E-state index in [0.29, 0.717) is 0 Å². The van der Waals surface area contributed by atoms with E-state index in [1.54, 1.807) is 0 Å². The third-order valence-electron chi connectivity index (χ3n) is 2.90. The van der Waals surface area contributed by atoms with E-state index in [1.165, 1.54) is 17.0 Å². The number of hydrogen-bond acceptors (Lipinski definition) is 2. The van der Waals surface area contributed by atoms with Crippen molar-refractivity contribution in [3.8, 4) is 0 Å². The average Bonchev–Trinajstić information content (AvgIpc) is 2.65. The van der Waals surface area contributed by atoms with Gasteiger partial charge in [0.15, 0.2) is 0 Å². The molecule has 1 atom stereocenters. The quantitative estimate of drug-likeness (QED) is 0.617. The van der Waals surface area contributed by atoms with Gasteiger partial charge in [0.2, 0.25) is 0 Å². The maximum Gasteiger partial charge on any atom is 0.416 e. The second-order valence-electron chi connectivity index (χ2n) is 4.18. The van der Waals surface area contributed by atoms with E-state index in [1.807, 2.05) is 0 Å². The molecule has 102 valence electrons. The summed E-state index contributed by atoms with van der Waals surface area (Å²) in [7, 11) is 0. The molecule has 1 unspecified atom stereocenters. The molecule has 1 aliphatic heterocycles. The first kappa shape index (κ1) is 14.3. The molecule has 0 radical (unpaired) electrons. The standard InChI is InChI=1S/C12H9ClF3NOS/c13-5-7-6-17(11(18)10(7)19)9-3-1-2-8(4-9)12(14,15)16/h1-4,7H,5-6H2. The lowest BCUT2D eigenvalue weighted by molar-refractivity contribution is -0.137. The predicted molar refractivity (Wildman–Crippen MR) is 70.6 cm³/mol. The van der Waals surface area contributed by atoms with Crippen LogP contribution in [0.1, 0.15) is 5.56 Å². The summed E-state index contributed by atoms with van der Waals surface area (Å²) in [4.78, 5) is 13.3. The fourth-order valence-electron chi connectivity index (χ4n) is 1.89. The number of carbonyl (C=O) groups is 1. The second kappa shape index (κ2) is 5.09. The molecule has 1 aromatic carbocycles. The van der Waals surface area contributed by atoms with Crippen LogP contribution in [0.3, 0.4) is 0 Å². The monoisotopic (exact) mass is 307 g/mol. The second-order valence-corrected chi connectivity index (χ2v) is 4.93. The van der Waals surface area contributed by atoms with E-state index in [9.17, 15) is 18.0 Å². The molecule has 7 heteroatoms. The van der Waals surface area contributed by atoms with E-state index in [2.05, 4.69) is 0 Å². The fourth-order valence-corrected chi connectivity index (χ4v) is 2.50. The van der Waals surface area contributed by atoms with Gasteiger partial charge in [-0.1, -0.05) is 18.3 Å². The highest BCUT2D eigenvalue weighted by Gasteiger charge is 2.37. The van der Waals surface area contributed by atoms with Gasteiger partial charge in [-0.05, 0) is 18.2 Å². The first-order valence-corrected chi connectivity index (χ1v) is 6.38. The number of nitrogens with zero attached hydrogens (tertiary/aromatic N) is 1. The Morgan fingerprint density at radius 2 is 2.11 bits per heavy atom. The van der Waals surface area contributed by atoms with Crippen LogP contribution < -0.4 is 4.90 Å². The summed E-state index contributed by atoms with van der Waals surface area (Å²) in [5.74, 6) is -0.557. The van der Waals surface area contributed by atoms with Gasteiger partial charge in [0, 0.05) is 24.0 Å². The highest BCUT2D eigenvalue weighted by Crippen LogP contribution is 2.33. The normalized spacial score (nSPS) is 20.2. The smallest absolute Gasteiger partial charge is 0.307 e. The number of carbonyl (C=O) groups excluding carboxylic acids is 1. The highest BCUT2D eigenvalue weighted by atomic mass is 35.5. The summed E-state index contributed by atoms with van der Waals surface area (Å²) < 4.78 is 37.9. The first-order chi connectivity index (χ1) is 8.84. The molecule has 19 heavy (non-hydrogen) atoms. The summed E-state index contributed by atoms with van der Waals surface area (Å²) in [5, 5.41) is 0. The van der Waals surface area contributed by atoms with Crippen LogP contribution in [0.25, 0.3) is 0 Å². The molecule has 0 aromatic heterocycles. The van der Waals surface area contributed by atoms with E-state index in [0.717, 1.165) is 12.1 Å². The van der Waals surface area contributed by atoms with Gasteiger partial charge in [-0.2, -0.15) is 13.2 Å². The molecule has 1 fully saturated rings. The number of thiocarbonyl (C=S) groups is 1. The van der Waals surface area contributed by atoms with E-state index >= 15 is 0 Å². The van der Waals surface area contributed by atoms with Crippen LogP contribution in [0.4, 0.5) is 18.9 Å². The SMILES string of the molecule is O=C1C(=S)C(CCl)CN1c1cccc(C(F)(F)F)c1. The number of hydrogen-bond donors (Lipinski definition) is 0. The largest absolute Gasteiger partial charge is 0.416 e. The highest BCUT2D eigenvalue weighted by molar-refractivity contribution is 7.82. The van der Waals surface area contributed by atoms with Gasteiger partial charge < -0.3 is 4.90 Å². The van der Waals surface area contributed by atoms with Gasteiger partial charge in [-0.3, -0.25) is 4.79 Å². The zero-order valence-corrected chi connectivity index (χ0v) is 11.1. The first-order valence-electron chi connectivity index (χ1n) is 5.43. The Morgan fingerprint density at radius 1 is 1.42 bits per heavy atom. The Hall–Kier alpha value is -1.14. The Morgan fingerprint density at radius 3 is 2.63 bits per heavy atom. The van der Waals surface area contributed by atoms with Gasteiger partial charge in [0.05, 0.1) is 10.4 Å². The van der Waals surface area contributed by atoms with Crippen LogP contribution in [0, 0.1) is 5.92 Å². The molecule has 0 N–H and O–H groups in total. The van der Waals surface area contributed by atoms with Gasteiger partial charge >= 0.3 is 6.18 Å². The molecule has 1 heterocycles. The molecular weight excluding hydrogens is 299 g/mol. The van der Waals surface area contributed by atoms with Crippen LogP contribution >= 0.6 is 23.8 Å². The van der Waals surface area contributed by atoms with Gasteiger partial charge in [-0.15, -0.1) is 11.6 Å². The zero-order chi connectivity index (χ0) is 14.2. The maximum absolute atomic E-state index is 12.6. The molecule has 2 rings (SSSR count). The minimum absolute atomic E-state index is 0.174. The Balaban J connectivity index is 2.33. The Kier molecular flexibility index (Phi) is 3.82. The summed E-state index contributed by atoms with van der Waals surface area (Å²) in [6, 6.07) is 4.62. The van der Waals surface area contributed by atoms with Crippen molar-refractivity contribution < 1.29 is 18.0 Å². The lowest BCUT2D eigenvalue weighted by Crippen LogP contribution is -2.26. The van der Waals surface area contributed by atoms with Crippen molar-refractivity contribution in [2.75, 3.05) is 17.3 Å². The summed E-state index contributed by atoms with van der Waals surface area (Å²) >= 11 is 10.6. The molecule has 2 nitrogen and oxygen atoms in total. The third-order valence-corrected chi connectivity index (χ3v) is 3.78. The lowest BCUT2D eigenvalue weighted by Gasteiger charge is -2.17. The zero-order valence-electron chi connectivity index (χ0n) is 9.58. The topological polar surface area (TPSA) is 20.3 Å². The predicted octanol–water partition coefficient (Wildman–Crippen LogP) is 3.28. The van der Waals surface area contributed by atoms with Gasteiger partial charge in [0.1, 0.15) is 0 Å². The van der Waals surface area contributed by atoms with Crippen LogP contribution in [-0.4, -0.2) is 23.2 Å². The van der Waals surface area contributed by atoms with Crippen molar-refractivity contribution in [1.82, 2.24) is 0 Å². The van der Waals surface area contributed by atoms with Crippen molar-refractivity contribution in [3.05, 3.63) is 29.8 Å². The average molecular weight is 308 g/mol. The summed E-state index contributed by atoms with van der Waals surface area (Å²) in [6.45, 7) is 0.225. The minimum atomic E-state index is -4.44. The number of alkyl halides is 4.